The van der Waals surface area contributed by atoms with Gasteiger partial charge in [0.05, 0.1) is 7.11 Å². The fraction of sp³-hybridized carbons (Fsp3) is 0.125. The molecule has 0 fully saturated rings. The Kier molecular flexibility index (Phi) is 3.62. The molecule has 5 heteroatoms. The van der Waals surface area contributed by atoms with E-state index in [1.54, 1.807) is 7.11 Å². The minimum absolute atomic E-state index is 0.447. The Morgan fingerprint density at radius 2 is 1.76 bits per heavy atom. The fourth-order valence-corrected chi connectivity index (χ4v) is 2.10. The number of hydrogen-bond donors (Lipinski definition) is 0. The molecule has 0 bridgehead atoms. The van der Waals surface area contributed by atoms with E-state index in [9.17, 15) is 0 Å². The summed E-state index contributed by atoms with van der Waals surface area (Å²) in [5.41, 5.74) is 2.68. The van der Waals surface area contributed by atoms with E-state index < -0.39 is 0 Å². The molecule has 0 spiro atoms. The Balaban J connectivity index is 1.93. The zero-order valence-corrected chi connectivity index (χ0v) is 12.4. The third-order valence-electron chi connectivity index (χ3n) is 3.19. The first-order valence-corrected chi connectivity index (χ1v) is 6.80. The number of benzene rings is 2. The molecular formula is C16H13ClN2O2. The molecule has 0 aliphatic rings. The molecule has 0 amide bonds. The van der Waals surface area contributed by atoms with Gasteiger partial charge in [-0.05, 0) is 48.9 Å². The predicted octanol–water partition coefficient (Wildman–Crippen LogP) is 4.37. The van der Waals surface area contributed by atoms with Crippen LogP contribution in [-0.4, -0.2) is 17.3 Å². The average molecular weight is 301 g/mol. The zero-order valence-electron chi connectivity index (χ0n) is 11.6. The van der Waals surface area contributed by atoms with E-state index >= 15 is 0 Å². The molecule has 3 rings (SSSR count). The number of nitrogens with zero attached hydrogens (tertiary/aromatic N) is 2. The van der Waals surface area contributed by atoms with Crippen LogP contribution in [0.2, 0.25) is 5.02 Å². The summed E-state index contributed by atoms with van der Waals surface area (Å²) in [4.78, 5) is 4.40. The van der Waals surface area contributed by atoms with Gasteiger partial charge in [-0.15, -0.1) is 0 Å². The van der Waals surface area contributed by atoms with Crippen molar-refractivity contribution in [1.82, 2.24) is 10.1 Å². The average Bonchev–Trinajstić information content (AvgIpc) is 3.00. The molecule has 0 saturated carbocycles. The van der Waals surface area contributed by atoms with E-state index in [1.807, 2.05) is 49.4 Å². The van der Waals surface area contributed by atoms with Crippen molar-refractivity contribution in [2.45, 2.75) is 6.92 Å². The number of ether oxygens (including phenoxy) is 1. The van der Waals surface area contributed by atoms with Crippen molar-refractivity contribution in [2.75, 3.05) is 7.11 Å². The van der Waals surface area contributed by atoms with Crippen LogP contribution in [0.15, 0.2) is 47.0 Å². The van der Waals surface area contributed by atoms with Gasteiger partial charge in [-0.25, -0.2) is 0 Å². The van der Waals surface area contributed by atoms with E-state index in [1.165, 1.54) is 0 Å². The highest BCUT2D eigenvalue weighted by molar-refractivity contribution is 6.31. The minimum Gasteiger partial charge on any atom is -0.497 e. The number of hydrogen-bond acceptors (Lipinski definition) is 4. The smallest absolute Gasteiger partial charge is 0.258 e. The number of aromatic nitrogens is 2. The second-order valence-electron chi connectivity index (χ2n) is 4.62. The maximum Gasteiger partial charge on any atom is 0.258 e. The molecule has 1 aromatic heterocycles. The van der Waals surface area contributed by atoms with Crippen LogP contribution in [0.1, 0.15) is 5.56 Å². The summed E-state index contributed by atoms with van der Waals surface area (Å²) in [6.07, 6.45) is 0. The van der Waals surface area contributed by atoms with Crippen molar-refractivity contribution in [1.29, 1.82) is 0 Å². The topological polar surface area (TPSA) is 48.2 Å². The van der Waals surface area contributed by atoms with E-state index in [2.05, 4.69) is 10.1 Å². The molecule has 0 aliphatic heterocycles. The maximum atomic E-state index is 6.12. The lowest BCUT2D eigenvalue weighted by molar-refractivity contribution is 0.415. The third-order valence-corrected chi connectivity index (χ3v) is 3.60. The third kappa shape index (κ3) is 2.76. The summed E-state index contributed by atoms with van der Waals surface area (Å²) >= 11 is 6.12. The lowest BCUT2D eigenvalue weighted by atomic mass is 10.1. The quantitative estimate of drug-likeness (QED) is 0.720. The number of aryl methyl sites for hydroxylation is 1. The van der Waals surface area contributed by atoms with Crippen LogP contribution < -0.4 is 4.74 Å². The molecule has 0 saturated heterocycles. The van der Waals surface area contributed by atoms with Gasteiger partial charge < -0.3 is 9.26 Å². The standard InChI is InChI=1S/C16H13ClN2O2/c1-10-3-4-12(9-14(10)17)16-18-15(19-21-16)11-5-7-13(20-2)8-6-11/h3-9H,1-2H3. The second kappa shape index (κ2) is 5.58. The van der Waals surface area contributed by atoms with E-state index in [0.717, 1.165) is 22.4 Å². The van der Waals surface area contributed by atoms with Gasteiger partial charge in [-0.1, -0.05) is 22.8 Å². The Morgan fingerprint density at radius 1 is 1.05 bits per heavy atom. The SMILES string of the molecule is COc1ccc(-c2noc(-c3ccc(C)c(Cl)c3)n2)cc1. The molecule has 0 N–H and O–H groups in total. The Labute approximate surface area is 127 Å². The van der Waals surface area contributed by atoms with Crippen LogP contribution >= 0.6 is 11.6 Å². The molecule has 0 unspecified atom stereocenters. The van der Waals surface area contributed by atoms with Crippen LogP contribution in [0.5, 0.6) is 5.75 Å². The Morgan fingerprint density at radius 3 is 2.43 bits per heavy atom. The highest BCUT2D eigenvalue weighted by atomic mass is 35.5. The van der Waals surface area contributed by atoms with Crippen LogP contribution in [0.4, 0.5) is 0 Å². The van der Waals surface area contributed by atoms with Gasteiger partial charge in [-0.3, -0.25) is 0 Å². The Bertz CT molecular complexity index is 766. The summed E-state index contributed by atoms with van der Waals surface area (Å²) in [6.45, 7) is 1.95. The van der Waals surface area contributed by atoms with Gasteiger partial charge in [0.25, 0.3) is 5.89 Å². The molecule has 3 aromatic rings. The van der Waals surface area contributed by atoms with Crippen molar-refractivity contribution >= 4 is 11.6 Å². The maximum absolute atomic E-state index is 6.12. The molecule has 1 heterocycles. The van der Waals surface area contributed by atoms with Gasteiger partial charge in [-0.2, -0.15) is 4.98 Å². The molecule has 21 heavy (non-hydrogen) atoms. The molecule has 0 radical (unpaired) electrons. The van der Waals surface area contributed by atoms with Crippen molar-refractivity contribution in [3.8, 4) is 28.6 Å². The molecule has 2 aromatic carbocycles. The first-order chi connectivity index (χ1) is 10.2. The first-order valence-electron chi connectivity index (χ1n) is 6.42. The van der Waals surface area contributed by atoms with Gasteiger partial charge in [0.15, 0.2) is 0 Å². The second-order valence-corrected chi connectivity index (χ2v) is 5.02. The molecule has 106 valence electrons. The predicted molar refractivity (Wildman–Crippen MR) is 81.5 cm³/mol. The van der Waals surface area contributed by atoms with Crippen LogP contribution in [-0.2, 0) is 0 Å². The summed E-state index contributed by atoms with van der Waals surface area (Å²) in [6, 6.07) is 13.1. The fourth-order valence-electron chi connectivity index (χ4n) is 1.92. The summed E-state index contributed by atoms with van der Waals surface area (Å²) < 4.78 is 10.4. The van der Waals surface area contributed by atoms with Crippen LogP contribution in [0, 0.1) is 6.92 Å². The van der Waals surface area contributed by atoms with Gasteiger partial charge in [0.2, 0.25) is 5.82 Å². The van der Waals surface area contributed by atoms with Gasteiger partial charge in [0.1, 0.15) is 5.75 Å². The molecule has 0 atom stereocenters. The van der Waals surface area contributed by atoms with E-state index in [4.69, 9.17) is 20.9 Å². The van der Waals surface area contributed by atoms with E-state index in [-0.39, 0.29) is 0 Å². The molecule has 4 nitrogen and oxygen atoms in total. The van der Waals surface area contributed by atoms with Crippen molar-refractivity contribution in [3.63, 3.8) is 0 Å². The van der Waals surface area contributed by atoms with Crippen molar-refractivity contribution in [3.05, 3.63) is 53.1 Å². The largest absolute Gasteiger partial charge is 0.497 e. The number of halogens is 1. The Hall–Kier alpha value is -2.33. The highest BCUT2D eigenvalue weighted by Gasteiger charge is 2.11. The normalized spacial score (nSPS) is 10.6. The van der Waals surface area contributed by atoms with Crippen LogP contribution in [0.3, 0.4) is 0 Å². The van der Waals surface area contributed by atoms with Crippen molar-refractivity contribution < 1.29 is 9.26 Å². The summed E-state index contributed by atoms with van der Waals surface area (Å²) in [7, 11) is 1.63. The van der Waals surface area contributed by atoms with Crippen LogP contribution in [0.25, 0.3) is 22.8 Å². The molecule has 0 aliphatic carbocycles. The highest BCUT2D eigenvalue weighted by Crippen LogP contribution is 2.26. The monoisotopic (exact) mass is 300 g/mol. The lowest BCUT2D eigenvalue weighted by Crippen LogP contribution is -1.84. The summed E-state index contributed by atoms with van der Waals surface area (Å²) in [5.74, 6) is 1.76. The first kappa shape index (κ1) is 13.6. The minimum atomic E-state index is 0.447. The molecular weight excluding hydrogens is 288 g/mol. The zero-order chi connectivity index (χ0) is 14.8. The van der Waals surface area contributed by atoms with Gasteiger partial charge in [0, 0.05) is 16.1 Å². The lowest BCUT2D eigenvalue weighted by Gasteiger charge is -1.99. The number of rotatable bonds is 3. The van der Waals surface area contributed by atoms with Crippen molar-refractivity contribution in [2.24, 2.45) is 0 Å². The van der Waals surface area contributed by atoms with Gasteiger partial charge >= 0.3 is 0 Å². The van der Waals surface area contributed by atoms with E-state index in [0.29, 0.717) is 16.7 Å². The summed E-state index contributed by atoms with van der Waals surface area (Å²) in [5, 5.41) is 4.68. The number of methoxy groups -OCH3 is 1.